The van der Waals surface area contributed by atoms with Crippen molar-refractivity contribution in [3.05, 3.63) is 69.8 Å². The topological polar surface area (TPSA) is 99.1 Å². The van der Waals surface area contributed by atoms with Crippen LogP contribution in [0.4, 0.5) is 0 Å². The van der Waals surface area contributed by atoms with Gasteiger partial charge in [-0.1, -0.05) is 18.2 Å². The SMILES string of the molecule is CC1(O)OCOCc2ccc(C(=O)c3ccc4c(c3)C(=O)OC4=O)cc21. The van der Waals surface area contributed by atoms with Crippen molar-refractivity contribution in [2.45, 2.75) is 19.3 Å². The summed E-state index contributed by atoms with van der Waals surface area (Å²) in [4.78, 5) is 36.0. The van der Waals surface area contributed by atoms with Crippen LogP contribution in [0.25, 0.3) is 0 Å². The van der Waals surface area contributed by atoms with Crippen molar-refractivity contribution in [1.82, 2.24) is 0 Å². The minimum atomic E-state index is -1.59. The zero-order valence-electron chi connectivity index (χ0n) is 13.8. The molecular weight excluding hydrogens is 340 g/mol. The van der Waals surface area contributed by atoms with E-state index in [0.29, 0.717) is 16.7 Å². The summed E-state index contributed by atoms with van der Waals surface area (Å²) in [6, 6.07) is 9.05. The summed E-state index contributed by atoms with van der Waals surface area (Å²) >= 11 is 0. The molecule has 2 aliphatic heterocycles. The van der Waals surface area contributed by atoms with Crippen LogP contribution in [0.1, 0.15) is 54.7 Å². The second kappa shape index (κ2) is 5.84. The third kappa shape index (κ3) is 2.62. The van der Waals surface area contributed by atoms with E-state index < -0.39 is 17.7 Å². The van der Waals surface area contributed by atoms with Gasteiger partial charge in [-0.3, -0.25) is 4.79 Å². The molecular formula is C19H14O7. The molecule has 2 aromatic carbocycles. The molecule has 2 aromatic rings. The van der Waals surface area contributed by atoms with Crippen LogP contribution in [0.15, 0.2) is 36.4 Å². The number of carbonyl (C=O) groups is 3. The number of esters is 2. The Morgan fingerprint density at radius 3 is 2.54 bits per heavy atom. The molecule has 0 saturated heterocycles. The average molecular weight is 354 g/mol. The molecule has 1 atom stereocenters. The van der Waals surface area contributed by atoms with Gasteiger partial charge in [-0.05, 0) is 30.7 Å². The molecule has 0 fully saturated rings. The minimum Gasteiger partial charge on any atom is -0.386 e. The Labute approximate surface area is 148 Å². The van der Waals surface area contributed by atoms with E-state index in [1.165, 1.54) is 25.1 Å². The summed E-state index contributed by atoms with van der Waals surface area (Å²) in [7, 11) is 0. The maximum atomic E-state index is 12.8. The maximum absolute atomic E-state index is 12.8. The number of aliphatic hydroxyl groups is 1. The first-order valence-corrected chi connectivity index (χ1v) is 7.89. The fraction of sp³-hybridized carbons (Fsp3) is 0.211. The molecule has 0 amide bonds. The average Bonchev–Trinajstić information content (AvgIpc) is 2.81. The Hall–Kier alpha value is -2.87. The molecule has 132 valence electrons. The van der Waals surface area contributed by atoms with E-state index in [1.54, 1.807) is 18.2 Å². The number of hydrogen-bond donors (Lipinski definition) is 1. The zero-order valence-corrected chi connectivity index (χ0v) is 13.8. The number of cyclic esters (lactones) is 2. The molecule has 1 unspecified atom stereocenters. The van der Waals surface area contributed by atoms with Crippen LogP contribution in [0.2, 0.25) is 0 Å². The van der Waals surface area contributed by atoms with Crippen molar-refractivity contribution in [3.8, 4) is 0 Å². The first-order chi connectivity index (χ1) is 12.4. The van der Waals surface area contributed by atoms with Gasteiger partial charge in [0.1, 0.15) is 0 Å². The highest BCUT2D eigenvalue weighted by Gasteiger charge is 2.32. The standard InChI is InChI=1S/C19H14O7/c1-19(23)15-7-11(2-3-12(15)8-24-9-25-19)16(20)10-4-5-13-14(6-10)18(22)26-17(13)21/h2-7,23H,8-9H2,1H3. The van der Waals surface area contributed by atoms with Gasteiger partial charge in [0.15, 0.2) is 18.4 Å². The lowest BCUT2D eigenvalue weighted by Gasteiger charge is -2.23. The van der Waals surface area contributed by atoms with Crippen molar-refractivity contribution in [2.24, 2.45) is 0 Å². The van der Waals surface area contributed by atoms with Crippen molar-refractivity contribution in [3.63, 3.8) is 0 Å². The number of ketones is 1. The fourth-order valence-electron chi connectivity index (χ4n) is 3.05. The molecule has 0 radical (unpaired) electrons. The lowest BCUT2D eigenvalue weighted by atomic mass is 9.93. The molecule has 0 spiro atoms. The summed E-state index contributed by atoms with van der Waals surface area (Å²) in [6.45, 7) is 1.67. The van der Waals surface area contributed by atoms with Crippen LogP contribution >= 0.6 is 0 Å². The van der Waals surface area contributed by atoms with Crippen LogP contribution in [-0.2, 0) is 26.6 Å². The van der Waals surface area contributed by atoms with E-state index in [0.717, 1.165) is 0 Å². The molecule has 2 heterocycles. The predicted molar refractivity (Wildman–Crippen MR) is 86.4 cm³/mol. The molecule has 0 aromatic heterocycles. The second-order valence-corrected chi connectivity index (χ2v) is 6.23. The quantitative estimate of drug-likeness (QED) is 0.499. The van der Waals surface area contributed by atoms with Crippen molar-refractivity contribution < 1.29 is 33.7 Å². The van der Waals surface area contributed by atoms with Crippen LogP contribution < -0.4 is 0 Å². The van der Waals surface area contributed by atoms with E-state index in [9.17, 15) is 19.5 Å². The highest BCUT2D eigenvalue weighted by molar-refractivity contribution is 6.17. The number of rotatable bonds is 2. The van der Waals surface area contributed by atoms with Gasteiger partial charge in [-0.25, -0.2) is 9.59 Å². The molecule has 2 aliphatic rings. The minimum absolute atomic E-state index is 0.0636. The summed E-state index contributed by atoms with van der Waals surface area (Å²) in [6.07, 6.45) is 0. The molecule has 7 heteroatoms. The highest BCUT2D eigenvalue weighted by atomic mass is 16.7. The molecule has 26 heavy (non-hydrogen) atoms. The number of hydrogen-bond acceptors (Lipinski definition) is 7. The fourth-order valence-corrected chi connectivity index (χ4v) is 3.05. The Bertz CT molecular complexity index is 958. The zero-order chi connectivity index (χ0) is 18.5. The molecule has 0 saturated carbocycles. The Balaban J connectivity index is 1.74. The van der Waals surface area contributed by atoms with E-state index in [1.807, 2.05) is 0 Å². The Kier molecular flexibility index (Phi) is 3.73. The Morgan fingerprint density at radius 2 is 1.73 bits per heavy atom. The highest BCUT2D eigenvalue weighted by Crippen LogP contribution is 2.31. The lowest BCUT2D eigenvalue weighted by Crippen LogP contribution is -2.26. The van der Waals surface area contributed by atoms with Crippen LogP contribution in [0, 0.1) is 0 Å². The molecule has 0 aliphatic carbocycles. The van der Waals surface area contributed by atoms with E-state index >= 15 is 0 Å². The third-order valence-corrected chi connectivity index (χ3v) is 4.46. The van der Waals surface area contributed by atoms with Crippen LogP contribution in [0.3, 0.4) is 0 Å². The van der Waals surface area contributed by atoms with Gasteiger partial charge in [0, 0.05) is 16.7 Å². The third-order valence-electron chi connectivity index (χ3n) is 4.46. The number of benzene rings is 2. The first-order valence-electron chi connectivity index (χ1n) is 7.89. The number of carbonyl (C=O) groups excluding carboxylic acids is 3. The molecule has 1 N–H and O–H groups in total. The summed E-state index contributed by atoms with van der Waals surface area (Å²) in [5.74, 6) is -3.43. The second-order valence-electron chi connectivity index (χ2n) is 6.23. The lowest BCUT2D eigenvalue weighted by molar-refractivity contribution is -0.239. The van der Waals surface area contributed by atoms with Gasteiger partial charge in [-0.15, -0.1) is 0 Å². The summed E-state index contributed by atoms with van der Waals surface area (Å²) in [5.41, 5.74) is 1.91. The van der Waals surface area contributed by atoms with E-state index in [2.05, 4.69) is 4.74 Å². The normalized spacial score (nSPS) is 21.6. The van der Waals surface area contributed by atoms with E-state index in [-0.39, 0.29) is 35.9 Å². The Morgan fingerprint density at radius 1 is 1.04 bits per heavy atom. The predicted octanol–water partition coefficient (Wildman–Crippen LogP) is 1.90. The maximum Gasteiger partial charge on any atom is 0.346 e. The molecule has 7 nitrogen and oxygen atoms in total. The van der Waals surface area contributed by atoms with Crippen molar-refractivity contribution in [2.75, 3.05) is 6.79 Å². The first kappa shape index (κ1) is 16.6. The van der Waals surface area contributed by atoms with Crippen molar-refractivity contribution in [1.29, 1.82) is 0 Å². The van der Waals surface area contributed by atoms with Gasteiger partial charge in [0.05, 0.1) is 17.7 Å². The van der Waals surface area contributed by atoms with Crippen LogP contribution in [0.5, 0.6) is 0 Å². The van der Waals surface area contributed by atoms with Gasteiger partial charge in [-0.2, -0.15) is 0 Å². The largest absolute Gasteiger partial charge is 0.386 e. The summed E-state index contributed by atoms with van der Waals surface area (Å²) in [5, 5.41) is 10.5. The molecule has 4 rings (SSSR count). The monoisotopic (exact) mass is 354 g/mol. The smallest absolute Gasteiger partial charge is 0.346 e. The van der Waals surface area contributed by atoms with Gasteiger partial charge in [0.25, 0.3) is 0 Å². The van der Waals surface area contributed by atoms with Gasteiger partial charge in [0.2, 0.25) is 0 Å². The van der Waals surface area contributed by atoms with Gasteiger partial charge >= 0.3 is 11.9 Å². The van der Waals surface area contributed by atoms with Crippen molar-refractivity contribution >= 4 is 17.7 Å². The number of ether oxygens (including phenoxy) is 3. The number of fused-ring (bicyclic) bond motifs is 2. The van der Waals surface area contributed by atoms with Crippen LogP contribution in [-0.4, -0.2) is 29.6 Å². The van der Waals surface area contributed by atoms with Gasteiger partial charge < -0.3 is 19.3 Å². The van der Waals surface area contributed by atoms with E-state index in [4.69, 9.17) is 9.47 Å². The summed E-state index contributed by atoms with van der Waals surface area (Å²) < 4.78 is 15.1. The molecule has 0 bridgehead atoms.